The van der Waals surface area contributed by atoms with Gasteiger partial charge in [-0.15, -0.1) is 0 Å². The highest BCUT2D eigenvalue weighted by Crippen LogP contribution is 2.26. The summed E-state index contributed by atoms with van der Waals surface area (Å²) < 4.78 is 5.14. The molecule has 0 radical (unpaired) electrons. The van der Waals surface area contributed by atoms with Crippen molar-refractivity contribution < 1.29 is 14.3 Å². The lowest BCUT2D eigenvalue weighted by Gasteiger charge is -2.07. The number of hydrogen-bond acceptors (Lipinski definition) is 3. The van der Waals surface area contributed by atoms with Crippen LogP contribution in [0.5, 0.6) is 5.75 Å². The van der Waals surface area contributed by atoms with E-state index in [4.69, 9.17) is 27.9 Å². The van der Waals surface area contributed by atoms with E-state index in [-0.39, 0.29) is 16.3 Å². The van der Waals surface area contributed by atoms with Gasteiger partial charge in [0, 0.05) is 5.56 Å². The van der Waals surface area contributed by atoms with Crippen LogP contribution >= 0.6 is 23.2 Å². The van der Waals surface area contributed by atoms with Crippen molar-refractivity contribution in [1.29, 1.82) is 0 Å². The minimum atomic E-state index is -0.605. The number of benzene rings is 2. The summed E-state index contributed by atoms with van der Waals surface area (Å²) in [5.74, 6) is -0.427. The van der Waals surface area contributed by atoms with Gasteiger partial charge < -0.3 is 4.74 Å². The van der Waals surface area contributed by atoms with E-state index in [9.17, 15) is 9.59 Å². The van der Waals surface area contributed by atoms with Crippen molar-refractivity contribution in [1.82, 2.24) is 0 Å². The maximum absolute atomic E-state index is 11.9. The summed E-state index contributed by atoms with van der Waals surface area (Å²) in [4.78, 5) is 22.5. The van der Waals surface area contributed by atoms with Crippen LogP contribution in [0.15, 0.2) is 42.5 Å². The average molecular weight is 295 g/mol. The fraction of sp³-hybridized carbons (Fsp3) is 0. The van der Waals surface area contributed by atoms with Gasteiger partial charge in [0.2, 0.25) is 0 Å². The van der Waals surface area contributed by atoms with Gasteiger partial charge in [-0.1, -0.05) is 35.3 Å². The fourth-order valence-electron chi connectivity index (χ4n) is 1.45. The quantitative estimate of drug-likeness (QED) is 0.488. The standard InChI is InChI=1S/C14H8Cl2O3/c15-11-4-2-1-3-10(11)14(18)19-13-6-5-9(8-17)7-12(13)16/h1-8H. The Labute approximate surface area is 119 Å². The molecule has 0 heterocycles. The number of ether oxygens (including phenoxy) is 1. The fourth-order valence-corrected chi connectivity index (χ4v) is 1.90. The molecule has 5 heteroatoms. The molecule has 0 spiro atoms. The van der Waals surface area contributed by atoms with Crippen molar-refractivity contribution in [2.45, 2.75) is 0 Å². The van der Waals surface area contributed by atoms with Gasteiger partial charge >= 0.3 is 5.97 Å². The normalized spacial score (nSPS) is 10.0. The molecule has 0 amide bonds. The summed E-state index contributed by atoms with van der Waals surface area (Å²) in [5, 5.41) is 0.484. The second kappa shape index (κ2) is 5.87. The molecule has 3 nitrogen and oxygen atoms in total. The predicted molar refractivity (Wildman–Crippen MR) is 73.3 cm³/mol. The minimum Gasteiger partial charge on any atom is -0.421 e. The van der Waals surface area contributed by atoms with Crippen molar-refractivity contribution >= 4 is 35.5 Å². The Kier molecular flexibility index (Phi) is 4.20. The molecule has 0 unspecified atom stereocenters. The first-order chi connectivity index (χ1) is 9.11. The maximum atomic E-state index is 11.9. The van der Waals surface area contributed by atoms with Crippen molar-refractivity contribution in [3.63, 3.8) is 0 Å². The van der Waals surface area contributed by atoms with Gasteiger partial charge in [0.05, 0.1) is 15.6 Å². The largest absolute Gasteiger partial charge is 0.421 e. The zero-order valence-electron chi connectivity index (χ0n) is 9.60. The van der Waals surface area contributed by atoms with E-state index < -0.39 is 5.97 Å². The third-order valence-corrected chi connectivity index (χ3v) is 3.01. The lowest BCUT2D eigenvalue weighted by Crippen LogP contribution is -2.09. The molecule has 0 aliphatic carbocycles. The Balaban J connectivity index is 2.24. The van der Waals surface area contributed by atoms with E-state index in [1.165, 1.54) is 18.2 Å². The monoisotopic (exact) mass is 294 g/mol. The lowest BCUT2D eigenvalue weighted by molar-refractivity contribution is 0.0735. The minimum absolute atomic E-state index is 0.178. The zero-order chi connectivity index (χ0) is 13.8. The van der Waals surface area contributed by atoms with Gasteiger partial charge in [0.15, 0.2) is 0 Å². The number of aldehydes is 1. The van der Waals surface area contributed by atoms with Crippen molar-refractivity contribution in [3.05, 3.63) is 63.6 Å². The third kappa shape index (κ3) is 3.13. The molecule has 0 saturated carbocycles. The molecule has 0 atom stereocenters. The topological polar surface area (TPSA) is 43.4 Å². The number of rotatable bonds is 3. The van der Waals surface area contributed by atoms with Crippen LogP contribution in [0.4, 0.5) is 0 Å². The summed E-state index contributed by atoms with van der Waals surface area (Å²) in [6.45, 7) is 0. The van der Waals surface area contributed by atoms with Gasteiger partial charge in [0.1, 0.15) is 12.0 Å². The van der Waals surface area contributed by atoms with E-state index in [0.29, 0.717) is 16.9 Å². The summed E-state index contributed by atoms with van der Waals surface area (Å²) in [6.07, 6.45) is 0.658. The van der Waals surface area contributed by atoms with Crippen molar-refractivity contribution in [2.75, 3.05) is 0 Å². The van der Waals surface area contributed by atoms with Gasteiger partial charge in [0.25, 0.3) is 0 Å². The first-order valence-electron chi connectivity index (χ1n) is 5.33. The van der Waals surface area contributed by atoms with E-state index >= 15 is 0 Å². The Morgan fingerprint density at radius 3 is 2.42 bits per heavy atom. The van der Waals surface area contributed by atoms with Crippen LogP contribution in [0.3, 0.4) is 0 Å². The SMILES string of the molecule is O=Cc1ccc(OC(=O)c2ccccc2Cl)c(Cl)c1. The van der Waals surface area contributed by atoms with Crippen LogP contribution in [0, 0.1) is 0 Å². The molecule has 0 aliphatic rings. The summed E-state index contributed by atoms with van der Waals surface area (Å²) in [7, 11) is 0. The number of hydrogen-bond donors (Lipinski definition) is 0. The van der Waals surface area contributed by atoms with E-state index in [2.05, 4.69) is 0 Å². The summed E-state index contributed by atoms with van der Waals surface area (Å²) in [6, 6.07) is 10.9. The Bertz CT molecular complexity index is 638. The second-order valence-electron chi connectivity index (χ2n) is 3.68. The van der Waals surface area contributed by atoms with Gasteiger partial charge in [-0.05, 0) is 30.3 Å². The number of carbonyl (C=O) groups excluding carboxylic acids is 2. The van der Waals surface area contributed by atoms with Gasteiger partial charge in [-0.3, -0.25) is 4.79 Å². The molecule has 2 rings (SSSR count). The molecule has 96 valence electrons. The molecule has 0 N–H and O–H groups in total. The van der Waals surface area contributed by atoms with Crippen LogP contribution in [-0.4, -0.2) is 12.3 Å². The Hall–Kier alpha value is -1.84. The van der Waals surface area contributed by atoms with Crippen LogP contribution in [0.25, 0.3) is 0 Å². The summed E-state index contributed by atoms with van der Waals surface area (Å²) >= 11 is 11.8. The molecule has 0 fully saturated rings. The van der Waals surface area contributed by atoms with E-state index in [0.717, 1.165) is 0 Å². The first-order valence-corrected chi connectivity index (χ1v) is 6.09. The van der Waals surface area contributed by atoms with Gasteiger partial charge in [-0.2, -0.15) is 0 Å². The van der Waals surface area contributed by atoms with Crippen LogP contribution in [0.1, 0.15) is 20.7 Å². The highest BCUT2D eigenvalue weighted by Gasteiger charge is 2.14. The molecular formula is C14H8Cl2O3. The van der Waals surface area contributed by atoms with Crippen molar-refractivity contribution in [3.8, 4) is 5.75 Å². The average Bonchev–Trinajstić information content (AvgIpc) is 2.41. The van der Waals surface area contributed by atoms with Crippen LogP contribution in [0.2, 0.25) is 10.0 Å². The first kappa shape index (κ1) is 13.6. The third-order valence-electron chi connectivity index (χ3n) is 2.39. The zero-order valence-corrected chi connectivity index (χ0v) is 11.1. The molecule has 0 aliphatic heterocycles. The molecular weight excluding hydrogens is 287 g/mol. The lowest BCUT2D eigenvalue weighted by atomic mass is 10.2. The van der Waals surface area contributed by atoms with Crippen molar-refractivity contribution in [2.24, 2.45) is 0 Å². The number of halogens is 2. The smallest absolute Gasteiger partial charge is 0.345 e. The predicted octanol–water partition coefficient (Wildman–Crippen LogP) is 4.03. The molecule has 0 bridgehead atoms. The molecule has 19 heavy (non-hydrogen) atoms. The van der Waals surface area contributed by atoms with Gasteiger partial charge in [-0.25, -0.2) is 4.79 Å². The highest BCUT2D eigenvalue weighted by atomic mass is 35.5. The van der Waals surface area contributed by atoms with Crippen LogP contribution < -0.4 is 4.74 Å². The molecule has 2 aromatic carbocycles. The molecule has 2 aromatic rings. The van der Waals surface area contributed by atoms with Crippen LogP contribution in [-0.2, 0) is 0 Å². The molecule has 0 aromatic heterocycles. The Morgan fingerprint density at radius 1 is 1.05 bits per heavy atom. The maximum Gasteiger partial charge on any atom is 0.345 e. The number of carbonyl (C=O) groups is 2. The highest BCUT2D eigenvalue weighted by molar-refractivity contribution is 6.34. The second-order valence-corrected chi connectivity index (χ2v) is 4.49. The summed E-state index contributed by atoms with van der Waals surface area (Å²) in [5.41, 5.74) is 0.655. The molecule has 0 saturated heterocycles. The van der Waals surface area contributed by atoms with E-state index in [1.807, 2.05) is 0 Å². The Morgan fingerprint density at radius 2 is 1.79 bits per heavy atom. The van der Waals surface area contributed by atoms with E-state index in [1.54, 1.807) is 24.3 Å². The number of esters is 1.